The van der Waals surface area contributed by atoms with E-state index < -0.39 is 0 Å². The molecule has 2 aliphatic heterocycles. The Kier molecular flexibility index (Phi) is 10.1. The molecule has 24 heavy (non-hydrogen) atoms. The lowest BCUT2D eigenvalue weighted by atomic mass is 10.2. The molecule has 0 bridgehead atoms. The maximum atomic E-state index is 12.0. The van der Waals surface area contributed by atoms with Crippen LogP contribution in [0.1, 0.15) is 12.1 Å². The van der Waals surface area contributed by atoms with Crippen LogP contribution in [0.4, 0.5) is 5.13 Å². The van der Waals surface area contributed by atoms with Gasteiger partial charge in [-0.05, 0) is 0 Å². The number of halogens is 2. The molecule has 3 heterocycles. The molecular formula is C14H24Cl2N4O3S. The summed E-state index contributed by atoms with van der Waals surface area (Å²) in [6, 6.07) is 0.0986. The van der Waals surface area contributed by atoms with E-state index in [0.29, 0.717) is 18.2 Å². The molecule has 0 radical (unpaired) electrons. The summed E-state index contributed by atoms with van der Waals surface area (Å²) in [4.78, 5) is 18.8. The maximum absolute atomic E-state index is 12.0. The average molecular weight is 399 g/mol. The number of morpholine rings is 2. The van der Waals surface area contributed by atoms with E-state index in [2.05, 4.69) is 20.5 Å². The second-order valence-corrected chi connectivity index (χ2v) is 6.37. The molecule has 2 N–H and O–H groups in total. The molecule has 0 aromatic carbocycles. The zero-order valence-electron chi connectivity index (χ0n) is 13.4. The highest BCUT2D eigenvalue weighted by molar-refractivity contribution is 7.13. The van der Waals surface area contributed by atoms with Crippen LogP contribution in [-0.4, -0.2) is 67.9 Å². The quantitative estimate of drug-likeness (QED) is 0.774. The number of carbonyl (C=O) groups is 1. The largest absolute Gasteiger partial charge is 0.379 e. The number of nitrogens with one attached hydrogen (secondary N) is 2. The minimum Gasteiger partial charge on any atom is -0.379 e. The molecule has 10 heteroatoms. The number of carbonyl (C=O) groups excluding carboxylic acids is 1. The van der Waals surface area contributed by atoms with E-state index in [4.69, 9.17) is 9.47 Å². The van der Waals surface area contributed by atoms with Crippen LogP contribution < -0.4 is 10.6 Å². The van der Waals surface area contributed by atoms with Gasteiger partial charge in [0, 0.05) is 44.0 Å². The Hall–Kier alpha value is -0.480. The van der Waals surface area contributed by atoms with Crippen LogP contribution >= 0.6 is 36.2 Å². The van der Waals surface area contributed by atoms with Crippen LogP contribution in [0.2, 0.25) is 0 Å². The van der Waals surface area contributed by atoms with Crippen LogP contribution in [0, 0.1) is 0 Å². The SMILES string of the molecule is Cl.Cl.O=C(CC1COCCN1)Nc1nc(CN2CCOCC2)cs1. The monoisotopic (exact) mass is 398 g/mol. The molecule has 1 amide bonds. The fourth-order valence-electron chi connectivity index (χ4n) is 2.57. The molecular weight excluding hydrogens is 375 g/mol. The van der Waals surface area contributed by atoms with Crippen molar-refractivity contribution in [2.45, 2.75) is 19.0 Å². The molecule has 2 saturated heterocycles. The van der Waals surface area contributed by atoms with Gasteiger partial charge >= 0.3 is 0 Å². The van der Waals surface area contributed by atoms with E-state index in [1.54, 1.807) is 0 Å². The van der Waals surface area contributed by atoms with Crippen molar-refractivity contribution in [1.29, 1.82) is 0 Å². The maximum Gasteiger partial charge on any atom is 0.227 e. The summed E-state index contributed by atoms with van der Waals surface area (Å²) in [6.45, 7) is 6.36. The smallest absolute Gasteiger partial charge is 0.227 e. The summed E-state index contributed by atoms with van der Waals surface area (Å²) in [6.07, 6.45) is 0.415. The first-order valence-corrected chi connectivity index (χ1v) is 8.53. The normalized spacial score (nSPS) is 21.4. The molecule has 2 fully saturated rings. The number of ether oxygens (including phenoxy) is 2. The Morgan fingerprint density at radius 1 is 1.33 bits per heavy atom. The Labute approximate surface area is 158 Å². The number of aromatic nitrogens is 1. The first-order chi connectivity index (χ1) is 10.8. The second-order valence-electron chi connectivity index (χ2n) is 5.51. The van der Waals surface area contributed by atoms with Gasteiger partial charge in [-0.15, -0.1) is 36.2 Å². The number of anilines is 1. The van der Waals surface area contributed by atoms with Crippen LogP contribution in [0.15, 0.2) is 5.38 Å². The number of thiazole rings is 1. The lowest BCUT2D eigenvalue weighted by molar-refractivity contribution is -0.117. The van der Waals surface area contributed by atoms with Gasteiger partial charge < -0.3 is 20.1 Å². The summed E-state index contributed by atoms with van der Waals surface area (Å²) < 4.78 is 10.7. The van der Waals surface area contributed by atoms with Crippen LogP contribution in [0.5, 0.6) is 0 Å². The number of rotatable bonds is 5. The van der Waals surface area contributed by atoms with Gasteiger partial charge in [-0.3, -0.25) is 9.69 Å². The van der Waals surface area contributed by atoms with Gasteiger partial charge in [0.15, 0.2) is 5.13 Å². The van der Waals surface area contributed by atoms with Gasteiger partial charge in [-0.25, -0.2) is 4.98 Å². The summed E-state index contributed by atoms with van der Waals surface area (Å²) >= 11 is 1.48. The Balaban J connectivity index is 0.00000144. The molecule has 1 aromatic heterocycles. The van der Waals surface area contributed by atoms with Crippen molar-refractivity contribution in [2.75, 3.05) is 51.4 Å². The van der Waals surface area contributed by atoms with E-state index in [1.165, 1.54) is 11.3 Å². The van der Waals surface area contributed by atoms with Crippen molar-refractivity contribution in [1.82, 2.24) is 15.2 Å². The molecule has 138 valence electrons. The molecule has 0 saturated carbocycles. The summed E-state index contributed by atoms with van der Waals surface area (Å²) in [5.74, 6) is -0.0183. The highest BCUT2D eigenvalue weighted by Crippen LogP contribution is 2.17. The fourth-order valence-corrected chi connectivity index (χ4v) is 3.29. The van der Waals surface area contributed by atoms with Gasteiger partial charge in [-0.2, -0.15) is 0 Å². The van der Waals surface area contributed by atoms with Crippen LogP contribution in [0.25, 0.3) is 0 Å². The third-order valence-electron chi connectivity index (χ3n) is 3.72. The molecule has 1 unspecified atom stereocenters. The lowest BCUT2D eigenvalue weighted by Crippen LogP contribution is -2.43. The van der Waals surface area contributed by atoms with Crippen molar-refractivity contribution >= 4 is 47.2 Å². The number of nitrogens with zero attached hydrogens (tertiary/aromatic N) is 2. The van der Waals surface area contributed by atoms with Crippen LogP contribution in [-0.2, 0) is 20.8 Å². The van der Waals surface area contributed by atoms with E-state index in [0.717, 1.165) is 51.7 Å². The van der Waals surface area contributed by atoms with E-state index >= 15 is 0 Å². The van der Waals surface area contributed by atoms with Gasteiger partial charge in [0.05, 0.1) is 32.1 Å². The van der Waals surface area contributed by atoms with E-state index in [-0.39, 0.29) is 36.8 Å². The topological polar surface area (TPSA) is 75.7 Å². The predicted octanol–water partition coefficient (Wildman–Crippen LogP) is 1.14. The lowest BCUT2D eigenvalue weighted by Gasteiger charge is -2.25. The Bertz CT molecular complexity index is 494. The molecule has 0 spiro atoms. The van der Waals surface area contributed by atoms with E-state index in [9.17, 15) is 4.79 Å². The molecule has 0 aliphatic carbocycles. The highest BCUT2D eigenvalue weighted by Gasteiger charge is 2.18. The van der Waals surface area contributed by atoms with Crippen molar-refractivity contribution in [3.8, 4) is 0 Å². The Morgan fingerprint density at radius 2 is 2.12 bits per heavy atom. The predicted molar refractivity (Wildman–Crippen MR) is 98.6 cm³/mol. The number of amides is 1. The van der Waals surface area contributed by atoms with Crippen molar-refractivity contribution in [3.63, 3.8) is 0 Å². The molecule has 2 aliphatic rings. The first kappa shape index (κ1) is 21.6. The average Bonchev–Trinajstić information content (AvgIpc) is 2.96. The molecule has 1 aromatic rings. The standard InChI is InChI=1S/C14H22N4O3S.2ClH/c19-13(7-11-9-21-4-1-15-11)17-14-16-12(10-22-14)8-18-2-5-20-6-3-18;;/h10-11,15H,1-9H2,(H,16,17,19);2*1H. The highest BCUT2D eigenvalue weighted by atomic mass is 35.5. The number of hydrogen-bond acceptors (Lipinski definition) is 7. The summed E-state index contributed by atoms with van der Waals surface area (Å²) in [5.41, 5.74) is 1.00. The van der Waals surface area contributed by atoms with Crippen molar-refractivity contribution < 1.29 is 14.3 Å². The Morgan fingerprint density at radius 3 is 2.83 bits per heavy atom. The van der Waals surface area contributed by atoms with Gasteiger partial charge in [0.2, 0.25) is 5.91 Å². The van der Waals surface area contributed by atoms with Gasteiger partial charge in [-0.1, -0.05) is 0 Å². The van der Waals surface area contributed by atoms with Gasteiger partial charge in [0.25, 0.3) is 0 Å². The third kappa shape index (κ3) is 6.79. The number of hydrogen-bond donors (Lipinski definition) is 2. The molecule has 7 nitrogen and oxygen atoms in total. The second kappa shape index (κ2) is 11.2. The fraction of sp³-hybridized carbons (Fsp3) is 0.714. The third-order valence-corrected chi connectivity index (χ3v) is 4.52. The van der Waals surface area contributed by atoms with Crippen molar-refractivity contribution in [2.24, 2.45) is 0 Å². The molecule has 1 atom stereocenters. The minimum absolute atomic E-state index is 0. The zero-order valence-corrected chi connectivity index (χ0v) is 15.8. The van der Waals surface area contributed by atoms with Crippen LogP contribution in [0.3, 0.4) is 0 Å². The summed E-state index contributed by atoms with van der Waals surface area (Å²) in [5, 5.41) is 8.83. The van der Waals surface area contributed by atoms with Gasteiger partial charge in [0.1, 0.15) is 0 Å². The minimum atomic E-state index is -0.0183. The first-order valence-electron chi connectivity index (χ1n) is 7.65. The zero-order chi connectivity index (χ0) is 15.2. The van der Waals surface area contributed by atoms with Crippen molar-refractivity contribution in [3.05, 3.63) is 11.1 Å². The van der Waals surface area contributed by atoms with E-state index in [1.807, 2.05) is 5.38 Å². The molecule has 3 rings (SSSR count). The summed E-state index contributed by atoms with van der Waals surface area (Å²) in [7, 11) is 0.